The third-order valence-electron chi connectivity index (χ3n) is 6.43. The molecule has 0 unspecified atom stereocenters. The van der Waals surface area contributed by atoms with Crippen LogP contribution in [0.4, 0.5) is 0 Å². The first kappa shape index (κ1) is 28.8. The van der Waals surface area contributed by atoms with Crippen LogP contribution in [0.1, 0.15) is 48.4 Å². The lowest BCUT2D eigenvalue weighted by atomic mass is 9.88. The fourth-order valence-corrected chi connectivity index (χ4v) is 4.67. The molecule has 0 aliphatic heterocycles. The van der Waals surface area contributed by atoms with Gasteiger partial charge in [0.2, 0.25) is 5.91 Å². The van der Waals surface area contributed by atoms with Crippen LogP contribution in [0.2, 0.25) is 0 Å². The highest BCUT2D eigenvalue weighted by Crippen LogP contribution is 2.34. The minimum absolute atomic E-state index is 0.259. The van der Waals surface area contributed by atoms with Crippen molar-refractivity contribution in [3.63, 3.8) is 0 Å². The molecule has 0 heterocycles. The van der Waals surface area contributed by atoms with Gasteiger partial charge in [0.1, 0.15) is 11.8 Å². The van der Waals surface area contributed by atoms with E-state index in [9.17, 15) is 14.7 Å². The first-order valence-electron chi connectivity index (χ1n) is 12.5. The highest BCUT2D eigenvalue weighted by molar-refractivity contribution is 7.97. The van der Waals surface area contributed by atoms with Gasteiger partial charge in [0.05, 0.1) is 25.4 Å². The molecule has 0 spiro atoms. The molecule has 0 aromatic heterocycles. The Balaban J connectivity index is 2.03. The largest absolute Gasteiger partial charge is 0.497 e. The van der Waals surface area contributed by atoms with Crippen LogP contribution < -0.4 is 9.46 Å². The van der Waals surface area contributed by atoms with Gasteiger partial charge in [0, 0.05) is 12.8 Å². The summed E-state index contributed by atoms with van der Waals surface area (Å²) in [5.41, 5.74) is 2.45. The highest BCUT2D eigenvalue weighted by Gasteiger charge is 2.38. The van der Waals surface area contributed by atoms with E-state index in [1.165, 1.54) is 11.9 Å². The van der Waals surface area contributed by atoms with E-state index in [0.717, 1.165) is 16.7 Å². The van der Waals surface area contributed by atoms with Crippen molar-refractivity contribution in [1.82, 2.24) is 9.62 Å². The number of nitrogens with one attached hydrogen (secondary N) is 1. The maximum atomic E-state index is 14.5. The quantitative estimate of drug-likeness (QED) is 0.122. The summed E-state index contributed by atoms with van der Waals surface area (Å²) in [6.45, 7) is 2.33. The van der Waals surface area contributed by atoms with Crippen LogP contribution in [0, 0.1) is 0 Å². The summed E-state index contributed by atoms with van der Waals surface area (Å²) >= 11 is 1.43. The monoisotopic (exact) mass is 533 g/mol. The number of aliphatic imine (C=N–C) groups is 1. The molecule has 8 heteroatoms. The number of methoxy groups -OCH3 is 1. The molecule has 3 aromatic rings. The molecular formula is C30H35N3O4S. The van der Waals surface area contributed by atoms with E-state index in [1.807, 2.05) is 98.1 Å². The Hall–Kier alpha value is -3.78. The van der Waals surface area contributed by atoms with Crippen molar-refractivity contribution in [2.45, 2.75) is 37.8 Å². The van der Waals surface area contributed by atoms with Gasteiger partial charge in [0.25, 0.3) is 0 Å². The van der Waals surface area contributed by atoms with E-state index in [0.29, 0.717) is 18.7 Å². The number of carbonyl (C=O) groups excluding carboxylic acids is 1. The maximum absolute atomic E-state index is 14.5. The van der Waals surface area contributed by atoms with Gasteiger partial charge < -0.3 is 19.5 Å². The number of benzene rings is 3. The predicted octanol–water partition coefficient (Wildman–Crippen LogP) is 5.55. The molecule has 1 amide bonds. The zero-order chi connectivity index (χ0) is 27.3. The molecule has 0 aliphatic carbocycles. The van der Waals surface area contributed by atoms with Crippen molar-refractivity contribution < 1.29 is 19.4 Å². The van der Waals surface area contributed by atoms with Crippen molar-refractivity contribution in [3.8, 4) is 5.75 Å². The van der Waals surface area contributed by atoms with Crippen molar-refractivity contribution in [3.05, 3.63) is 102 Å². The van der Waals surface area contributed by atoms with Gasteiger partial charge in [0.15, 0.2) is 0 Å². The number of ether oxygens (including phenoxy) is 1. The van der Waals surface area contributed by atoms with Crippen molar-refractivity contribution in [2.24, 2.45) is 4.99 Å². The van der Waals surface area contributed by atoms with Gasteiger partial charge in [-0.1, -0.05) is 84.7 Å². The van der Waals surface area contributed by atoms with Crippen LogP contribution in [0.15, 0.2) is 89.9 Å². The molecule has 0 aliphatic rings. The lowest BCUT2D eigenvalue weighted by molar-refractivity contribution is -0.153. The van der Waals surface area contributed by atoms with Crippen molar-refractivity contribution in [2.75, 3.05) is 19.9 Å². The predicted molar refractivity (Wildman–Crippen MR) is 154 cm³/mol. The molecule has 7 nitrogen and oxygen atoms in total. The molecule has 2 N–H and O–H groups in total. The van der Waals surface area contributed by atoms with E-state index < -0.39 is 24.0 Å². The van der Waals surface area contributed by atoms with Crippen LogP contribution in [-0.2, 0) is 9.59 Å². The van der Waals surface area contributed by atoms with E-state index >= 15 is 0 Å². The van der Waals surface area contributed by atoms with Crippen molar-refractivity contribution >= 4 is 30.2 Å². The molecule has 200 valence electrons. The molecule has 38 heavy (non-hydrogen) atoms. The number of hydrogen-bond donors (Lipinski definition) is 2. The molecule has 0 radical (unpaired) electrons. The lowest BCUT2D eigenvalue weighted by Gasteiger charge is -2.37. The normalized spacial score (nSPS) is 12.7. The van der Waals surface area contributed by atoms with E-state index in [1.54, 1.807) is 18.3 Å². The third-order valence-corrected chi connectivity index (χ3v) is 6.77. The number of carbonyl (C=O) groups is 2. The van der Waals surface area contributed by atoms with Gasteiger partial charge in [-0.2, -0.15) is 0 Å². The van der Waals surface area contributed by atoms with E-state index in [2.05, 4.69) is 9.71 Å². The lowest BCUT2D eigenvalue weighted by Crippen LogP contribution is -2.48. The number of aliphatic carboxylic acids is 1. The summed E-state index contributed by atoms with van der Waals surface area (Å²) in [6.07, 6.45) is 4.29. The molecule has 0 fully saturated rings. The number of hydrogen-bond acceptors (Lipinski definition) is 5. The molecule has 3 aromatic carbocycles. The summed E-state index contributed by atoms with van der Waals surface area (Å²) in [7, 11) is 1.59. The molecule has 2 atom stereocenters. The summed E-state index contributed by atoms with van der Waals surface area (Å²) in [6, 6.07) is 24.9. The fourth-order valence-electron chi connectivity index (χ4n) is 4.49. The Labute approximate surface area is 229 Å². The second kappa shape index (κ2) is 14.8. The summed E-state index contributed by atoms with van der Waals surface area (Å²) in [4.78, 5) is 33.0. The first-order chi connectivity index (χ1) is 18.5. The van der Waals surface area contributed by atoms with Crippen LogP contribution in [0.3, 0.4) is 0 Å². The number of rotatable bonds is 14. The molecule has 0 bridgehead atoms. The van der Waals surface area contributed by atoms with Gasteiger partial charge in [-0.3, -0.25) is 9.79 Å². The second-order valence-corrected chi connectivity index (χ2v) is 9.45. The summed E-state index contributed by atoms with van der Waals surface area (Å²) < 4.78 is 8.23. The van der Waals surface area contributed by atoms with Crippen molar-refractivity contribution in [1.29, 1.82) is 0 Å². The van der Waals surface area contributed by atoms with Gasteiger partial charge in [-0.25, -0.2) is 4.79 Å². The Bertz CT molecular complexity index is 1130. The Morgan fingerprint density at radius 2 is 1.55 bits per heavy atom. The molecule has 3 rings (SSSR count). The minimum Gasteiger partial charge on any atom is -0.497 e. The fraction of sp³-hybridized carbons (Fsp3) is 0.300. The van der Waals surface area contributed by atoms with Gasteiger partial charge in [-0.15, -0.1) is 0 Å². The van der Waals surface area contributed by atoms with E-state index in [-0.39, 0.29) is 12.3 Å². The average molecular weight is 534 g/mol. The SMILES string of the molecule is COc1ccc([C@@H](C)N(C(=O)C(c2ccccc2)c2ccccc2)[C@H](CCCN=CNSC)C(=O)O)cc1. The Kier molecular flexibility index (Phi) is 11.2. The smallest absolute Gasteiger partial charge is 0.326 e. The topological polar surface area (TPSA) is 91.2 Å². The number of carboxylic acids is 1. The third kappa shape index (κ3) is 7.61. The van der Waals surface area contributed by atoms with Crippen LogP contribution in [-0.4, -0.2) is 54.2 Å². The van der Waals surface area contributed by atoms with Gasteiger partial charge in [-0.05, 0) is 48.6 Å². The number of nitrogens with zero attached hydrogens (tertiary/aromatic N) is 2. The standard InChI is InChI=1S/C30H35N3O4S/c1-22(23-16-18-26(37-2)19-17-23)33(27(30(35)36)15-10-20-31-21-32-38-3)29(34)28(24-11-6-4-7-12-24)25-13-8-5-9-14-25/h4-9,11-14,16-19,21-22,27-28H,10,15,20H2,1-3H3,(H,31,32)(H,35,36)/t22-,27-/m1/s1. The highest BCUT2D eigenvalue weighted by atomic mass is 32.2. The van der Waals surface area contributed by atoms with Gasteiger partial charge >= 0.3 is 5.97 Å². The zero-order valence-electron chi connectivity index (χ0n) is 22.0. The summed E-state index contributed by atoms with van der Waals surface area (Å²) in [5.74, 6) is -1.25. The number of carboxylic acid groups (broad SMARTS) is 1. The maximum Gasteiger partial charge on any atom is 0.326 e. The molecular weight excluding hydrogens is 498 g/mol. The summed E-state index contributed by atoms with van der Waals surface area (Å²) in [5, 5.41) is 10.4. The number of amides is 1. The van der Waals surface area contributed by atoms with Crippen LogP contribution in [0.25, 0.3) is 0 Å². The molecule has 0 saturated carbocycles. The molecule has 0 saturated heterocycles. The Morgan fingerprint density at radius 1 is 0.974 bits per heavy atom. The van der Waals surface area contributed by atoms with E-state index in [4.69, 9.17) is 4.74 Å². The first-order valence-corrected chi connectivity index (χ1v) is 13.8. The van der Waals surface area contributed by atoms with Crippen LogP contribution in [0.5, 0.6) is 5.75 Å². The van der Waals surface area contributed by atoms with Crippen LogP contribution >= 0.6 is 11.9 Å². The Morgan fingerprint density at radius 3 is 2.05 bits per heavy atom. The second-order valence-electron chi connectivity index (χ2n) is 8.80. The zero-order valence-corrected chi connectivity index (χ0v) is 22.8. The minimum atomic E-state index is -1.04. The average Bonchev–Trinajstić information content (AvgIpc) is 2.95.